The van der Waals surface area contributed by atoms with E-state index in [-0.39, 0.29) is 6.61 Å². The van der Waals surface area contributed by atoms with Crippen molar-refractivity contribution in [3.8, 4) is 5.75 Å². The number of ether oxygens (including phenoxy) is 2. The highest BCUT2D eigenvalue weighted by Gasteiger charge is 2.25. The molecule has 154 valence electrons. The Labute approximate surface area is 182 Å². The van der Waals surface area contributed by atoms with Crippen LogP contribution in [0.5, 0.6) is 5.75 Å². The van der Waals surface area contributed by atoms with Gasteiger partial charge < -0.3 is 14.4 Å². The normalized spacial score (nSPS) is 11.9. The Morgan fingerprint density at radius 2 is 1.79 bits per heavy atom. The summed E-state index contributed by atoms with van der Waals surface area (Å²) in [5.74, 6) is -0.00111. The van der Waals surface area contributed by atoms with E-state index in [2.05, 4.69) is 13.5 Å². The van der Waals surface area contributed by atoms with Gasteiger partial charge in [0.05, 0.1) is 6.61 Å². The number of carbonyl (C=O) groups is 1. The van der Waals surface area contributed by atoms with Crippen LogP contribution < -0.4 is 4.74 Å². The molecule has 0 aliphatic heterocycles. The summed E-state index contributed by atoms with van der Waals surface area (Å²) in [5.41, 5.74) is 2.05. The number of benzene rings is 2. The van der Waals surface area contributed by atoms with Crippen molar-refractivity contribution in [3.05, 3.63) is 82.5 Å². The number of allylic oxidation sites excluding steroid dienone is 2. The second kappa shape index (κ2) is 10.9. The van der Waals surface area contributed by atoms with Crippen molar-refractivity contribution >= 4 is 34.7 Å². The minimum absolute atomic E-state index is 0.249. The largest absolute Gasteiger partial charge is 0.473 e. The van der Waals surface area contributed by atoms with Crippen molar-refractivity contribution in [1.29, 1.82) is 0 Å². The maximum atomic E-state index is 12.6. The highest BCUT2D eigenvalue weighted by atomic mass is 35.5. The van der Waals surface area contributed by atoms with Gasteiger partial charge in [-0.2, -0.15) is 0 Å². The van der Waals surface area contributed by atoms with Crippen LogP contribution in [0.15, 0.2) is 61.3 Å². The SMILES string of the molecule is C=C(/C=C\N(C)CC)c1cc(Cl)ccc1OC(C(=O)OCC)c1ccc(Cl)cc1. The summed E-state index contributed by atoms with van der Waals surface area (Å²) in [6.07, 6.45) is 2.86. The van der Waals surface area contributed by atoms with Gasteiger partial charge in [-0.1, -0.05) is 41.9 Å². The van der Waals surface area contributed by atoms with Crippen LogP contribution >= 0.6 is 23.2 Å². The summed E-state index contributed by atoms with van der Waals surface area (Å²) in [7, 11) is 1.97. The Morgan fingerprint density at radius 3 is 2.41 bits per heavy atom. The van der Waals surface area contributed by atoms with Crippen LogP contribution in [-0.2, 0) is 9.53 Å². The number of hydrogen-bond acceptors (Lipinski definition) is 4. The molecule has 2 aromatic rings. The Hall–Kier alpha value is -2.43. The molecule has 29 heavy (non-hydrogen) atoms. The molecule has 0 radical (unpaired) electrons. The van der Waals surface area contributed by atoms with E-state index < -0.39 is 12.1 Å². The third-order valence-corrected chi connectivity index (χ3v) is 4.72. The zero-order valence-electron chi connectivity index (χ0n) is 16.8. The lowest BCUT2D eigenvalue weighted by Crippen LogP contribution is -2.22. The monoisotopic (exact) mass is 433 g/mol. The van der Waals surface area contributed by atoms with Gasteiger partial charge in [0, 0.05) is 34.8 Å². The third-order valence-electron chi connectivity index (χ3n) is 4.23. The zero-order valence-corrected chi connectivity index (χ0v) is 18.3. The first-order valence-corrected chi connectivity index (χ1v) is 10.1. The number of hydrogen-bond donors (Lipinski definition) is 0. The zero-order chi connectivity index (χ0) is 21.4. The Bertz CT molecular complexity index is 878. The summed E-state index contributed by atoms with van der Waals surface area (Å²) in [5, 5.41) is 1.12. The molecule has 0 aliphatic rings. The van der Waals surface area contributed by atoms with Crippen molar-refractivity contribution in [2.24, 2.45) is 0 Å². The fourth-order valence-electron chi connectivity index (χ4n) is 2.50. The quantitative estimate of drug-likeness (QED) is 0.350. The lowest BCUT2D eigenvalue weighted by Gasteiger charge is -2.20. The van der Waals surface area contributed by atoms with E-state index in [4.69, 9.17) is 32.7 Å². The van der Waals surface area contributed by atoms with Gasteiger partial charge in [0.1, 0.15) is 5.75 Å². The molecule has 0 aliphatic carbocycles. The highest BCUT2D eigenvalue weighted by Crippen LogP contribution is 2.33. The number of carbonyl (C=O) groups excluding carboxylic acids is 1. The molecule has 1 unspecified atom stereocenters. The molecule has 0 fully saturated rings. The Morgan fingerprint density at radius 1 is 1.14 bits per heavy atom. The lowest BCUT2D eigenvalue weighted by atomic mass is 10.1. The van der Waals surface area contributed by atoms with E-state index in [0.29, 0.717) is 32.5 Å². The van der Waals surface area contributed by atoms with Gasteiger partial charge in [-0.15, -0.1) is 0 Å². The average Bonchev–Trinajstić information content (AvgIpc) is 2.71. The van der Waals surface area contributed by atoms with Crippen LogP contribution in [0.1, 0.15) is 31.1 Å². The van der Waals surface area contributed by atoms with Gasteiger partial charge in [-0.3, -0.25) is 0 Å². The van der Waals surface area contributed by atoms with Gasteiger partial charge in [0.15, 0.2) is 0 Å². The molecule has 6 heteroatoms. The van der Waals surface area contributed by atoms with E-state index in [1.807, 2.05) is 24.2 Å². The van der Waals surface area contributed by atoms with E-state index in [1.54, 1.807) is 49.4 Å². The molecular formula is C23H25Cl2NO3. The number of nitrogens with zero attached hydrogens (tertiary/aromatic N) is 1. The van der Waals surface area contributed by atoms with Gasteiger partial charge in [-0.05, 0) is 62.0 Å². The topological polar surface area (TPSA) is 38.8 Å². The molecule has 0 bridgehead atoms. The first-order valence-electron chi connectivity index (χ1n) is 9.31. The molecular weight excluding hydrogens is 409 g/mol. The summed E-state index contributed by atoms with van der Waals surface area (Å²) >= 11 is 12.2. The minimum atomic E-state index is -0.942. The van der Waals surface area contributed by atoms with Crippen LogP contribution in [0.3, 0.4) is 0 Å². The average molecular weight is 434 g/mol. The minimum Gasteiger partial charge on any atom is -0.473 e. The smallest absolute Gasteiger partial charge is 0.352 e. The predicted molar refractivity (Wildman–Crippen MR) is 119 cm³/mol. The van der Waals surface area contributed by atoms with Gasteiger partial charge in [0.25, 0.3) is 0 Å². The Kier molecular flexibility index (Phi) is 8.62. The molecule has 0 spiro atoms. The van der Waals surface area contributed by atoms with Crippen LogP contribution in [0.25, 0.3) is 5.57 Å². The van der Waals surface area contributed by atoms with Crippen molar-refractivity contribution in [2.75, 3.05) is 20.2 Å². The number of esters is 1. The van der Waals surface area contributed by atoms with Crippen molar-refractivity contribution in [2.45, 2.75) is 20.0 Å². The van der Waals surface area contributed by atoms with Crippen LogP contribution in [0, 0.1) is 0 Å². The summed E-state index contributed by atoms with van der Waals surface area (Å²) in [4.78, 5) is 14.6. The Balaban J connectivity index is 2.40. The van der Waals surface area contributed by atoms with Crippen LogP contribution in [0.4, 0.5) is 0 Å². The van der Waals surface area contributed by atoms with Crippen molar-refractivity contribution in [3.63, 3.8) is 0 Å². The third kappa shape index (κ3) is 6.55. The van der Waals surface area contributed by atoms with Crippen molar-refractivity contribution in [1.82, 2.24) is 4.90 Å². The fourth-order valence-corrected chi connectivity index (χ4v) is 2.80. The number of halogens is 2. The highest BCUT2D eigenvalue weighted by molar-refractivity contribution is 6.31. The molecule has 0 amide bonds. The molecule has 0 saturated heterocycles. The second-order valence-electron chi connectivity index (χ2n) is 6.36. The second-order valence-corrected chi connectivity index (χ2v) is 7.23. The van der Waals surface area contributed by atoms with E-state index in [0.717, 1.165) is 6.54 Å². The van der Waals surface area contributed by atoms with Crippen LogP contribution in [-0.4, -0.2) is 31.1 Å². The summed E-state index contributed by atoms with van der Waals surface area (Å²) in [6, 6.07) is 12.1. The van der Waals surface area contributed by atoms with E-state index in [9.17, 15) is 4.79 Å². The lowest BCUT2D eigenvalue weighted by molar-refractivity contribution is -0.151. The molecule has 0 heterocycles. The number of rotatable bonds is 9. The summed E-state index contributed by atoms with van der Waals surface area (Å²) in [6.45, 7) is 9.04. The standard InChI is InChI=1S/C23H25Cl2NO3/c1-5-26(4)14-13-16(3)20-15-19(25)11-12-21(20)29-22(23(27)28-6-2)17-7-9-18(24)10-8-17/h7-15,22H,3,5-6H2,1-2,4H3/b14-13-. The molecule has 0 saturated carbocycles. The predicted octanol–water partition coefficient (Wildman–Crippen LogP) is 6.16. The maximum Gasteiger partial charge on any atom is 0.352 e. The fraction of sp³-hybridized carbons (Fsp3) is 0.261. The molecule has 0 N–H and O–H groups in total. The molecule has 0 aromatic heterocycles. The van der Waals surface area contributed by atoms with E-state index >= 15 is 0 Å². The van der Waals surface area contributed by atoms with Gasteiger partial charge in [0.2, 0.25) is 6.10 Å². The van der Waals surface area contributed by atoms with Gasteiger partial charge in [-0.25, -0.2) is 4.79 Å². The van der Waals surface area contributed by atoms with Gasteiger partial charge >= 0.3 is 5.97 Å². The van der Waals surface area contributed by atoms with E-state index in [1.165, 1.54) is 0 Å². The molecule has 2 aromatic carbocycles. The molecule has 4 nitrogen and oxygen atoms in total. The molecule has 2 rings (SSSR count). The molecule has 1 atom stereocenters. The van der Waals surface area contributed by atoms with Crippen LogP contribution in [0.2, 0.25) is 10.0 Å². The van der Waals surface area contributed by atoms with Crippen molar-refractivity contribution < 1.29 is 14.3 Å². The maximum absolute atomic E-state index is 12.6. The first kappa shape index (κ1) is 22.9. The summed E-state index contributed by atoms with van der Waals surface area (Å²) < 4.78 is 11.3. The first-order chi connectivity index (χ1) is 13.8.